The summed E-state index contributed by atoms with van der Waals surface area (Å²) in [6.45, 7) is 14.3. The number of aliphatic hydroxyl groups excluding tert-OH is 1. The second-order valence-corrected chi connectivity index (χ2v) is 9.46. The van der Waals surface area contributed by atoms with Gasteiger partial charge in [0.1, 0.15) is 11.5 Å². The van der Waals surface area contributed by atoms with E-state index < -0.39 is 23.7 Å². The van der Waals surface area contributed by atoms with Crippen molar-refractivity contribution in [1.82, 2.24) is 14.8 Å². The number of carbonyl (C=O) groups is 3. The number of amides is 1. The molecule has 0 radical (unpaired) electrons. The molecule has 1 atom stereocenters. The maximum Gasteiger partial charge on any atom is 0.354 e. The van der Waals surface area contributed by atoms with E-state index in [1.165, 1.54) is 7.11 Å². The van der Waals surface area contributed by atoms with Crippen molar-refractivity contribution >= 4 is 23.4 Å². The first-order chi connectivity index (χ1) is 17.1. The molecule has 1 fully saturated rings. The van der Waals surface area contributed by atoms with Gasteiger partial charge in [-0.3, -0.25) is 9.59 Å². The van der Waals surface area contributed by atoms with Crippen LogP contribution in [0.25, 0.3) is 5.76 Å². The Bertz CT molecular complexity index is 1170. The fourth-order valence-corrected chi connectivity index (χ4v) is 4.86. The van der Waals surface area contributed by atoms with Crippen molar-refractivity contribution in [2.45, 2.75) is 53.5 Å². The quantitative estimate of drug-likeness (QED) is 0.233. The number of rotatable bonds is 9. The summed E-state index contributed by atoms with van der Waals surface area (Å²) in [7, 11) is 1.28. The van der Waals surface area contributed by atoms with E-state index in [4.69, 9.17) is 4.74 Å². The van der Waals surface area contributed by atoms with Gasteiger partial charge in [-0.05, 0) is 49.5 Å². The lowest BCUT2D eigenvalue weighted by molar-refractivity contribution is -0.140. The van der Waals surface area contributed by atoms with Crippen molar-refractivity contribution in [2.24, 2.45) is 0 Å². The maximum atomic E-state index is 13.4. The molecule has 0 unspecified atom stereocenters. The minimum absolute atomic E-state index is 0.0264. The number of hydrogen-bond donors (Lipinski definition) is 2. The SMILES string of the molecule is CCN(CC)CCN1C(=O)C(=O)C(=C(O)c2c(C)[nH]c(C(=O)OC)c2C)[C@H]1c1ccc(C(C)C)cc1. The topological polar surface area (TPSA) is 103 Å². The highest BCUT2D eigenvalue weighted by Crippen LogP contribution is 2.41. The Kier molecular flexibility index (Phi) is 8.40. The second-order valence-electron chi connectivity index (χ2n) is 9.46. The second kappa shape index (κ2) is 11.1. The number of H-pyrrole nitrogens is 1. The van der Waals surface area contributed by atoms with Crippen LogP contribution >= 0.6 is 0 Å². The molecule has 8 nitrogen and oxygen atoms in total. The first kappa shape index (κ1) is 27.2. The Morgan fingerprint density at radius 2 is 1.75 bits per heavy atom. The number of nitrogens with one attached hydrogen (secondary N) is 1. The van der Waals surface area contributed by atoms with Crippen LogP contribution in [0.1, 0.15) is 78.1 Å². The van der Waals surface area contributed by atoms with Gasteiger partial charge in [0.25, 0.3) is 11.7 Å². The predicted molar refractivity (Wildman–Crippen MR) is 139 cm³/mol. The number of methoxy groups -OCH3 is 1. The Morgan fingerprint density at radius 3 is 2.28 bits per heavy atom. The molecule has 1 aliphatic heterocycles. The summed E-state index contributed by atoms with van der Waals surface area (Å²) in [5.74, 6) is -1.91. The third-order valence-corrected chi connectivity index (χ3v) is 7.07. The summed E-state index contributed by atoms with van der Waals surface area (Å²) < 4.78 is 4.84. The van der Waals surface area contributed by atoms with Gasteiger partial charge in [-0.25, -0.2) is 4.79 Å². The number of likely N-dealkylation sites (tertiary alicyclic amines) is 1. The summed E-state index contributed by atoms with van der Waals surface area (Å²) in [5.41, 5.74) is 3.41. The number of nitrogens with zero attached hydrogens (tertiary/aromatic N) is 2. The molecule has 1 amide bonds. The number of esters is 1. The number of carbonyl (C=O) groups excluding carboxylic acids is 3. The van der Waals surface area contributed by atoms with E-state index in [2.05, 4.69) is 37.6 Å². The van der Waals surface area contributed by atoms with Gasteiger partial charge in [0.2, 0.25) is 0 Å². The maximum absolute atomic E-state index is 13.4. The van der Waals surface area contributed by atoms with E-state index in [9.17, 15) is 19.5 Å². The molecule has 2 heterocycles. The van der Waals surface area contributed by atoms with Crippen molar-refractivity contribution in [3.8, 4) is 0 Å². The van der Waals surface area contributed by atoms with E-state index in [0.29, 0.717) is 35.8 Å². The molecule has 0 spiro atoms. The smallest absolute Gasteiger partial charge is 0.354 e. The lowest BCUT2D eigenvalue weighted by atomic mass is 9.92. The summed E-state index contributed by atoms with van der Waals surface area (Å²) in [4.78, 5) is 45.5. The van der Waals surface area contributed by atoms with Crippen molar-refractivity contribution in [3.05, 3.63) is 63.5 Å². The normalized spacial score (nSPS) is 17.5. The van der Waals surface area contributed by atoms with Crippen LogP contribution < -0.4 is 0 Å². The van der Waals surface area contributed by atoms with Gasteiger partial charge < -0.3 is 24.6 Å². The number of benzene rings is 1. The summed E-state index contributed by atoms with van der Waals surface area (Å²) >= 11 is 0. The van der Waals surface area contributed by atoms with Gasteiger partial charge in [0.15, 0.2) is 0 Å². The van der Waals surface area contributed by atoms with E-state index in [-0.39, 0.29) is 17.0 Å². The Morgan fingerprint density at radius 1 is 1.14 bits per heavy atom. The number of aliphatic hydroxyl groups is 1. The highest BCUT2D eigenvalue weighted by molar-refractivity contribution is 6.46. The zero-order valence-corrected chi connectivity index (χ0v) is 22.3. The van der Waals surface area contributed by atoms with Crippen molar-refractivity contribution in [3.63, 3.8) is 0 Å². The van der Waals surface area contributed by atoms with Crippen molar-refractivity contribution in [2.75, 3.05) is 33.3 Å². The molecular formula is C28H37N3O5. The van der Waals surface area contributed by atoms with Crippen LogP contribution in [0.15, 0.2) is 29.8 Å². The molecule has 8 heteroatoms. The van der Waals surface area contributed by atoms with Crippen molar-refractivity contribution in [1.29, 1.82) is 0 Å². The molecule has 1 aromatic carbocycles. The molecule has 194 valence electrons. The average molecular weight is 496 g/mol. The van der Waals surface area contributed by atoms with Gasteiger partial charge in [-0.15, -0.1) is 0 Å². The zero-order valence-electron chi connectivity index (χ0n) is 22.3. The molecule has 3 rings (SSSR count). The number of hydrogen-bond acceptors (Lipinski definition) is 6. The zero-order chi connectivity index (χ0) is 26.7. The number of likely N-dealkylation sites (N-methyl/N-ethyl adjacent to an activating group) is 1. The van der Waals surface area contributed by atoms with Crippen LogP contribution in [0.2, 0.25) is 0 Å². The van der Waals surface area contributed by atoms with Crippen LogP contribution in [0.5, 0.6) is 0 Å². The number of ether oxygens (including phenoxy) is 1. The number of ketones is 1. The van der Waals surface area contributed by atoms with E-state index in [0.717, 1.165) is 24.2 Å². The van der Waals surface area contributed by atoms with E-state index in [1.54, 1.807) is 18.7 Å². The number of aromatic nitrogens is 1. The van der Waals surface area contributed by atoms with E-state index in [1.807, 2.05) is 24.3 Å². The molecule has 1 aliphatic rings. The molecular weight excluding hydrogens is 458 g/mol. The van der Waals surface area contributed by atoms with Gasteiger partial charge >= 0.3 is 5.97 Å². The molecule has 0 bridgehead atoms. The van der Waals surface area contributed by atoms with Crippen LogP contribution in [0, 0.1) is 13.8 Å². The van der Waals surface area contributed by atoms with E-state index >= 15 is 0 Å². The van der Waals surface area contributed by atoms with Gasteiger partial charge in [-0.2, -0.15) is 0 Å². The van der Waals surface area contributed by atoms with Crippen LogP contribution in [0.3, 0.4) is 0 Å². The minimum Gasteiger partial charge on any atom is -0.507 e. The molecule has 0 aliphatic carbocycles. The monoisotopic (exact) mass is 495 g/mol. The van der Waals surface area contributed by atoms with Crippen LogP contribution in [0.4, 0.5) is 0 Å². The largest absolute Gasteiger partial charge is 0.507 e. The first-order valence-electron chi connectivity index (χ1n) is 12.5. The molecule has 1 saturated heterocycles. The number of aromatic amines is 1. The van der Waals surface area contributed by atoms with Crippen molar-refractivity contribution < 1.29 is 24.2 Å². The molecule has 36 heavy (non-hydrogen) atoms. The molecule has 2 aromatic rings. The molecule has 0 saturated carbocycles. The van der Waals surface area contributed by atoms with Gasteiger partial charge in [0, 0.05) is 24.3 Å². The Balaban J connectivity index is 2.18. The number of Topliss-reactive ketones (excluding diaryl/α,β-unsaturated/α-hetero) is 1. The summed E-state index contributed by atoms with van der Waals surface area (Å²) in [6, 6.07) is 7.08. The highest BCUT2D eigenvalue weighted by Gasteiger charge is 2.46. The van der Waals surface area contributed by atoms with Crippen LogP contribution in [-0.2, 0) is 14.3 Å². The highest BCUT2D eigenvalue weighted by atomic mass is 16.5. The average Bonchev–Trinajstić information content (AvgIpc) is 3.30. The third kappa shape index (κ3) is 4.95. The third-order valence-electron chi connectivity index (χ3n) is 7.07. The predicted octanol–water partition coefficient (Wildman–Crippen LogP) is 4.31. The standard InChI is InChI=1S/C28H37N3O5/c1-8-30(9-2)14-15-31-24(20-12-10-19(11-13-20)16(3)4)22(26(33)27(31)34)25(32)21-17(5)23(28(35)36-7)29-18(21)6/h10-13,16,24,29,32H,8-9,14-15H2,1-7H3/t24-/m1/s1. The lowest BCUT2D eigenvalue weighted by Gasteiger charge is -2.28. The first-order valence-corrected chi connectivity index (χ1v) is 12.5. The van der Waals surface area contributed by atoms with Gasteiger partial charge in [-0.1, -0.05) is 52.0 Å². The summed E-state index contributed by atoms with van der Waals surface area (Å²) in [5, 5.41) is 11.5. The summed E-state index contributed by atoms with van der Waals surface area (Å²) in [6.07, 6.45) is 0. The van der Waals surface area contributed by atoms with Crippen LogP contribution in [-0.4, -0.2) is 70.8 Å². The fraction of sp³-hybridized carbons (Fsp3) is 0.464. The lowest BCUT2D eigenvalue weighted by Crippen LogP contribution is -2.38. The Hall–Kier alpha value is -3.39. The number of aryl methyl sites for hydroxylation is 1. The van der Waals surface area contributed by atoms with Gasteiger partial charge in [0.05, 0.1) is 18.7 Å². The molecule has 2 N–H and O–H groups in total. The molecule has 1 aromatic heterocycles. The Labute approximate surface area is 212 Å². The minimum atomic E-state index is -0.739. The fourth-order valence-electron chi connectivity index (χ4n) is 4.86.